The van der Waals surface area contributed by atoms with Crippen LogP contribution in [0.2, 0.25) is 0 Å². The van der Waals surface area contributed by atoms with Gasteiger partial charge in [-0.1, -0.05) is 35.9 Å². The number of para-hydroxylation sites is 1. The Balaban J connectivity index is 1.53. The highest BCUT2D eigenvalue weighted by Crippen LogP contribution is 2.15. The third-order valence-corrected chi connectivity index (χ3v) is 7.77. The number of nitrogens with zero attached hydrogens (tertiary/aromatic N) is 2. The van der Waals surface area contributed by atoms with Crippen LogP contribution in [0.4, 0.5) is 0 Å². The highest BCUT2D eigenvalue weighted by atomic mass is 32.2. The van der Waals surface area contributed by atoms with Crippen LogP contribution in [0, 0.1) is 6.92 Å². The van der Waals surface area contributed by atoms with Crippen molar-refractivity contribution < 1.29 is 17.9 Å². The van der Waals surface area contributed by atoms with Crippen LogP contribution in [-0.2, 0) is 14.8 Å². The van der Waals surface area contributed by atoms with Crippen molar-refractivity contribution in [3.05, 3.63) is 60.2 Å². The number of hydrogen-bond acceptors (Lipinski definition) is 6. The Morgan fingerprint density at radius 3 is 2.36 bits per heavy atom. The quantitative estimate of drug-likeness (QED) is 0.521. The van der Waals surface area contributed by atoms with Crippen molar-refractivity contribution in [3.63, 3.8) is 0 Å². The minimum Gasteiger partial charge on any atom is -0.492 e. The van der Waals surface area contributed by atoms with E-state index in [9.17, 15) is 13.2 Å². The summed E-state index contributed by atoms with van der Waals surface area (Å²) < 4.78 is 34.2. The van der Waals surface area contributed by atoms with Crippen LogP contribution < -0.4 is 9.46 Å². The summed E-state index contributed by atoms with van der Waals surface area (Å²) in [4.78, 5) is 17.4. The summed E-state index contributed by atoms with van der Waals surface area (Å²) in [6, 6.07) is 15.6. The highest BCUT2D eigenvalue weighted by molar-refractivity contribution is 7.98. The van der Waals surface area contributed by atoms with E-state index in [1.165, 1.54) is 0 Å². The molecule has 1 saturated heterocycles. The monoisotopic (exact) mass is 491 g/mol. The number of benzene rings is 2. The molecule has 0 spiro atoms. The van der Waals surface area contributed by atoms with Crippen LogP contribution >= 0.6 is 11.8 Å². The number of thioether (sulfide) groups is 1. The lowest BCUT2D eigenvalue weighted by Crippen LogP contribution is -2.55. The van der Waals surface area contributed by atoms with Gasteiger partial charge in [0.15, 0.2) is 0 Å². The van der Waals surface area contributed by atoms with Crippen molar-refractivity contribution in [1.29, 1.82) is 0 Å². The molecule has 2 aromatic rings. The predicted octanol–water partition coefficient (Wildman–Crippen LogP) is 2.62. The molecule has 1 unspecified atom stereocenters. The topological polar surface area (TPSA) is 79.0 Å². The molecule has 1 atom stereocenters. The number of piperazine rings is 1. The number of nitrogens with one attached hydrogen (secondary N) is 1. The summed E-state index contributed by atoms with van der Waals surface area (Å²) in [7, 11) is -3.77. The standard InChI is InChI=1S/C24H33N3O4S2/c1-20-8-10-22(11-9-20)33(29,30)25-23(12-19-32-2)24(28)27-15-13-26(14-16-27)17-18-31-21-6-4-3-5-7-21/h3-11,23,25H,12-19H2,1-2H3. The molecule has 0 bridgehead atoms. The molecule has 9 heteroatoms. The van der Waals surface area contributed by atoms with Crippen molar-refractivity contribution in [2.45, 2.75) is 24.3 Å². The minimum absolute atomic E-state index is 0.153. The lowest BCUT2D eigenvalue weighted by Gasteiger charge is -2.36. The first kappa shape index (κ1) is 25.6. The molecule has 1 N–H and O–H groups in total. The Morgan fingerprint density at radius 1 is 1.06 bits per heavy atom. The molecular formula is C24H33N3O4S2. The third kappa shape index (κ3) is 7.74. The summed E-state index contributed by atoms with van der Waals surface area (Å²) >= 11 is 1.60. The van der Waals surface area contributed by atoms with Gasteiger partial charge >= 0.3 is 0 Å². The van der Waals surface area contributed by atoms with E-state index in [1.54, 1.807) is 40.9 Å². The zero-order valence-electron chi connectivity index (χ0n) is 19.3. The fraction of sp³-hybridized carbons (Fsp3) is 0.458. The average molecular weight is 492 g/mol. The van der Waals surface area contributed by atoms with Crippen molar-refractivity contribution in [3.8, 4) is 5.75 Å². The lowest BCUT2D eigenvalue weighted by atomic mass is 10.2. The van der Waals surface area contributed by atoms with Gasteiger partial charge in [-0.05, 0) is 49.6 Å². The Labute approximate surface area is 201 Å². The number of amides is 1. The maximum absolute atomic E-state index is 13.2. The molecule has 0 aliphatic carbocycles. The second-order valence-electron chi connectivity index (χ2n) is 8.10. The molecule has 1 heterocycles. The lowest BCUT2D eigenvalue weighted by molar-refractivity contribution is -0.134. The third-order valence-electron chi connectivity index (χ3n) is 5.64. The molecule has 0 aromatic heterocycles. The van der Waals surface area contributed by atoms with Crippen LogP contribution in [0.5, 0.6) is 5.75 Å². The Morgan fingerprint density at radius 2 is 1.73 bits per heavy atom. The second-order valence-corrected chi connectivity index (χ2v) is 10.8. The average Bonchev–Trinajstić information content (AvgIpc) is 2.83. The van der Waals surface area contributed by atoms with Gasteiger partial charge in [-0.25, -0.2) is 8.42 Å². The normalized spacial score (nSPS) is 15.9. The number of aryl methyl sites for hydroxylation is 1. The molecular weight excluding hydrogens is 458 g/mol. The van der Waals surface area contributed by atoms with E-state index in [0.29, 0.717) is 31.9 Å². The van der Waals surface area contributed by atoms with E-state index in [-0.39, 0.29) is 10.8 Å². The Kier molecular flexibility index (Phi) is 9.61. The smallest absolute Gasteiger partial charge is 0.241 e. The number of ether oxygens (including phenoxy) is 1. The zero-order chi connectivity index (χ0) is 23.7. The fourth-order valence-corrected chi connectivity index (χ4v) is 5.36. The molecule has 180 valence electrons. The molecule has 33 heavy (non-hydrogen) atoms. The van der Waals surface area contributed by atoms with Crippen LogP contribution in [0.1, 0.15) is 12.0 Å². The molecule has 0 radical (unpaired) electrons. The van der Waals surface area contributed by atoms with Gasteiger partial charge in [-0.15, -0.1) is 0 Å². The summed E-state index contributed by atoms with van der Waals surface area (Å²) in [5.74, 6) is 1.40. The van der Waals surface area contributed by atoms with Crippen molar-refractivity contribution in [2.24, 2.45) is 0 Å². The van der Waals surface area contributed by atoms with E-state index in [2.05, 4.69) is 9.62 Å². The summed E-state index contributed by atoms with van der Waals surface area (Å²) in [5.41, 5.74) is 0.982. The predicted molar refractivity (Wildman–Crippen MR) is 133 cm³/mol. The molecule has 1 aliphatic heterocycles. The maximum atomic E-state index is 13.2. The van der Waals surface area contributed by atoms with E-state index in [4.69, 9.17) is 4.74 Å². The SMILES string of the molecule is CSCCC(NS(=O)(=O)c1ccc(C)cc1)C(=O)N1CCN(CCOc2ccccc2)CC1. The number of carbonyl (C=O) groups is 1. The number of sulfonamides is 1. The first-order valence-electron chi connectivity index (χ1n) is 11.2. The van der Waals surface area contributed by atoms with Crippen LogP contribution in [0.25, 0.3) is 0 Å². The maximum Gasteiger partial charge on any atom is 0.241 e. The highest BCUT2D eigenvalue weighted by Gasteiger charge is 2.30. The second kappa shape index (κ2) is 12.4. The summed E-state index contributed by atoms with van der Waals surface area (Å²) in [6.45, 7) is 5.91. The number of carbonyl (C=O) groups excluding carboxylic acids is 1. The van der Waals surface area contributed by atoms with Gasteiger partial charge < -0.3 is 9.64 Å². The molecule has 0 saturated carbocycles. The van der Waals surface area contributed by atoms with Gasteiger partial charge in [-0.2, -0.15) is 16.5 Å². The molecule has 2 aromatic carbocycles. The van der Waals surface area contributed by atoms with Gasteiger partial charge in [0.2, 0.25) is 15.9 Å². The van der Waals surface area contributed by atoms with Gasteiger partial charge in [-0.3, -0.25) is 9.69 Å². The van der Waals surface area contributed by atoms with Crippen molar-refractivity contribution in [1.82, 2.24) is 14.5 Å². The first-order valence-corrected chi connectivity index (χ1v) is 14.0. The van der Waals surface area contributed by atoms with Crippen LogP contribution in [0.15, 0.2) is 59.5 Å². The van der Waals surface area contributed by atoms with E-state index in [0.717, 1.165) is 30.9 Å². The van der Waals surface area contributed by atoms with Gasteiger partial charge in [0.05, 0.1) is 4.90 Å². The van der Waals surface area contributed by atoms with Crippen LogP contribution in [0.3, 0.4) is 0 Å². The number of hydrogen-bond donors (Lipinski definition) is 1. The van der Waals surface area contributed by atoms with Gasteiger partial charge in [0.25, 0.3) is 0 Å². The first-order chi connectivity index (χ1) is 15.9. The molecule has 7 nitrogen and oxygen atoms in total. The minimum atomic E-state index is -3.77. The number of rotatable bonds is 11. The van der Waals surface area contributed by atoms with E-state index in [1.807, 2.05) is 43.5 Å². The van der Waals surface area contributed by atoms with Gasteiger partial charge in [0, 0.05) is 32.7 Å². The largest absolute Gasteiger partial charge is 0.492 e. The van der Waals surface area contributed by atoms with Crippen LogP contribution in [-0.4, -0.2) is 81.5 Å². The molecule has 1 fully saturated rings. The molecule has 1 aliphatic rings. The summed E-state index contributed by atoms with van der Waals surface area (Å²) in [5, 5.41) is 0. The Bertz CT molecular complexity index is 977. The molecule has 3 rings (SSSR count). The fourth-order valence-electron chi connectivity index (χ4n) is 3.66. The van der Waals surface area contributed by atoms with Crippen molar-refractivity contribution >= 4 is 27.7 Å². The summed E-state index contributed by atoms with van der Waals surface area (Å²) in [6.07, 6.45) is 2.41. The van der Waals surface area contributed by atoms with Gasteiger partial charge in [0.1, 0.15) is 18.4 Å². The van der Waals surface area contributed by atoms with Crippen molar-refractivity contribution in [2.75, 3.05) is 51.3 Å². The Hall–Kier alpha value is -2.07. The zero-order valence-corrected chi connectivity index (χ0v) is 20.9. The molecule has 1 amide bonds. The van der Waals surface area contributed by atoms with E-state index >= 15 is 0 Å². The van der Waals surface area contributed by atoms with E-state index < -0.39 is 16.1 Å².